The van der Waals surface area contributed by atoms with Crippen molar-refractivity contribution in [1.82, 2.24) is 0 Å². The van der Waals surface area contributed by atoms with E-state index in [0.717, 1.165) is 17.7 Å². The number of aromatic hydroxyl groups is 1. The van der Waals surface area contributed by atoms with Crippen molar-refractivity contribution in [2.24, 2.45) is 0 Å². The third-order valence-electron chi connectivity index (χ3n) is 4.22. The molecule has 0 aromatic heterocycles. The Bertz CT molecular complexity index is 1100. The predicted molar refractivity (Wildman–Crippen MR) is 118 cm³/mol. The topological polar surface area (TPSA) is 113 Å². The quantitative estimate of drug-likeness (QED) is 0.372. The average Bonchev–Trinajstić information content (AvgIpc) is 2.65. The molecule has 12 heteroatoms. The molecular formula is C19H18Cl3FN2O5S. The zero-order chi connectivity index (χ0) is 23.6. The zero-order valence-electron chi connectivity index (χ0n) is 16.2. The minimum atomic E-state index is -3.75. The number of phenols is 1. The van der Waals surface area contributed by atoms with Gasteiger partial charge < -0.3 is 15.7 Å². The van der Waals surface area contributed by atoms with Crippen LogP contribution < -0.4 is 10.6 Å². The predicted octanol–water partition coefficient (Wildman–Crippen LogP) is 4.58. The Hall–Kier alpha value is -2.07. The highest BCUT2D eigenvalue weighted by Crippen LogP contribution is 2.35. The van der Waals surface area contributed by atoms with Crippen LogP contribution in [-0.4, -0.2) is 35.2 Å². The standard InChI is InChI=1S/C19H18Cl3FN2O5S/c1-10-3-5-12(6-4-10)31(29,30)11(2)7-17(27)24-14-9-16(26)15(8-13(14)20)25-18(28)19(21,22)23/h3-6,8-9,11,26H,7H2,1-2H3,(H,24,27)(H,25,28). The van der Waals surface area contributed by atoms with Crippen LogP contribution in [0.2, 0.25) is 5.02 Å². The first-order chi connectivity index (χ1) is 14.2. The summed E-state index contributed by atoms with van der Waals surface area (Å²) in [6, 6.07) is 8.28. The molecule has 0 heterocycles. The molecule has 0 fully saturated rings. The molecule has 2 aromatic carbocycles. The van der Waals surface area contributed by atoms with Crippen LogP contribution in [0.4, 0.5) is 15.8 Å². The molecule has 0 bridgehead atoms. The molecule has 1 atom stereocenters. The highest BCUT2D eigenvalue weighted by atomic mass is 35.5. The SMILES string of the molecule is Cc1ccc(S(=O)(=O)C(C)CC(=O)Nc2cc(O)c(NC(=O)C(F)(Cl)Cl)cc2Cl)cc1. The van der Waals surface area contributed by atoms with E-state index in [2.05, 4.69) is 5.32 Å². The Morgan fingerprint density at radius 2 is 1.71 bits per heavy atom. The van der Waals surface area contributed by atoms with Crippen LogP contribution in [0.5, 0.6) is 5.75 Å². The summed E-state index contributed by atoms with van der Waals surface area (Å²) in [6.45, 7) is 3.22. The summed E-state index contributed by atoms with van der Waals surface area (Å²) in [5, 5.41) is 13.2. The van der Waals surface area contributed by atoms with Crippen molar-refractivity contribution in [3.8, 4) is 5.75 Å². The van der Waals surface area contributed by atoms with E-state index < -0.39 is 37.2 Å². The number of benzene rings is 2. The molecule has 31 heavy (non-hydrogen) atoms. The van der Waals surface area contributed by atoms with E-state index in [1.54, 1.807) is 12.1 Å². The zero-order valence-corrected chi connectivity index (χ0v) is 19.3. The molecule has 168 valence electrons. The average molecular weight is 512 g/mol. The van der Waals surface area contributed by atoms with E-state index in [1.807, 2.05) is 12.2 Å². The minimum absolute atomic E-state index is 0.0506. The summed E-state index contributed by atoms with van der Waals surface area (Å²) in [5.74, 6) is -2.69. The molecular weight excluding hydrogens is 494 g/mol. The molecule has 0 aliphatic carbocycles. The van der Waals surface area contributed by atoms with Gasteiger partial charge in [-0.05, 0) is 32.0 Å². The highest BCUT2D eigenvalue weighted by molar-refractivity contribution is 7.92. The number of carbonyl (C=O) groups is 2. The Balaban J connectivity index is 2.12. The summed E-state index contributed by atoms with van der Waals surface area (Å²) in [5.41, 5.74) is 0.546. The fraction of sp³-hybridized carbons (Fsp3) is 0.263. The van der Waals surface area contributed by atoms with Gasteiger partial charge in [-0.25, -0.2) is 8.42 Å². The number of phenolic OH excluding ortho intramolecular Hbond substituents is 1. The van der Waals surface area contributed by atoms with E-state index in [0.29, 0.717) is 0 Å². The lowest BCUT2D eigenvalue weighted by Gasteiger charge is -2.16. The van der Waals surface area contributed by atoms with Crippen molar-refractivity contribution in [3.05, 3.63) is 47.0 Å². The third kappa shape index (κ3) is 6.46. The molecule has 2 aromatic rings. The number of rotatable bonds is 7. The van der Waals surface area contributed by atoms with Gasteiger partial charge >= 0.3 is 4.59 Å². The van der Waals surface area contributed by atoms with Gasteiger partial charge in [0.15, 0.2) is 9.84 Å². The van der Waals surface area contributed by atoms with Crippen molar-refractivity contribution in [1.29, 1.82) is 0 Å². The van der Waals surface area contributed by atoms with Crippen molar-refractivity contribution in [2.75, 3.05) is 10.6 Å². The van der Waals surface area contributed by atoms with E-state index in [9.17, 15) is 27.5 Å². The van der Waals surface area contributed by atoms with Crippen molar-refractivity contribution < 1.29 is 27.5 Å². The second kappa shape index (κ2) is 9.60. The van der Waals surface area contributed by atoms with E-state index in [-0.39, 0.29) is 27.7 Å². The van der Waals surface area contributed by atoms with Gasteiger partial charge in [-0.3, -0.25) is 9.59 Å². The molecule has 0 saturated carbocycles. The van der Waals surface area contributed by atoms with Gasteiger partial charge in [0.05, 0.1) is 26.5 Å². The van der Waals surface area contributed by atoms with Crippen LogP contribution in [0.3, 0.4) is 0 Å². The first kappa shape index (κ1) is 25.2. The molecule has 3 N–H and O–H groups in total. The Labute approximate surface area is 193 Å². The van der Waals surface area contributed by atoms with Gasteiger partial charge in [0.25, 0.3) is 5.91 Å². The number of alkyl halides is 3. The lowest BCUT2D eigenvalue weighted by atomic mass is 10.2. The monoisotopic (exact) mass is 510 g/mol. The number of aryl methyl sites for hydroxylation is 1. The summed E-state index contributed by atoms with van der Waals surface area (Å²) in [7, 11) is -3.75. The molecule has 7 nitrogen and oxygen atoms in total. The number of anilines is 2. The van der Waals surface area contributed by atoms with Gasteiger partial charge in [0.1, 0.15) is 5.75 Å². The number of hydrogen-bond donors (Lipinski definition) is 3. The van der Waals surface area contributed by atoms with Gasteiger partial charge in [0.2, 0.25) is 5.91 Å². The lowest BCUT2D eigenvalue weighted by Crippen LogP contribution is -2.28. The van der Waals surface area contributed by atoms with Gasteiger partial charge in [-0.1, -0.05) is 52.5 Å². The molecule has 0 saturated heterocycles. The summed E-state index contributed by atoms with van der Waals surface area (Å²) in [6.07, 6.45) is -0.380. The van der Waals surface area contributed by atoms with Crippen molar-refractivity contribution in [2.45, 2.75) is 35.0 Å². The van der Waals surface area contributed by atoms with E-state index >= 15 is 0 Å². The highest BCUT2D eigenvalue weighted by Gasteiger charge is 2.34. The van der Waals surface area contributed by atoms with Crippen LogP contribution in [0, 0.1) is 6.92 Å². The van der Waals surface area contributed by atoms with Crippen molar-refractivity contribution >= 4 is 67.8 Å². The number of carbonyl (C=O) groups excluding carboxylic acids is 2. The number of sulfone groups is 1. The minimum Gasteiger partial charge on any atom is -0.506 e. The maximum atomic E-state index is 13.2. The Morgan fingerprint density at radius 1 is 1.13 bits per heavy atom. The van der Waals surface area contributed by atoms with Crippen molar-refractivity contribution in [3.63, 3.8) is 0 Å². The molecule has 0 aliphatic rings. The van der Waals surface area contributed by atoms with Gasteiger partial charge in [-0.15, -0.1) is 0 Å². The van der Waals surface area contributed by atoms with E-state index in [1.165, 1.54) is 19.1 Å². The largest absolute Gasteiger partial charge is 0.506 e. The van der Waals surface area contributed by atoms with Gasteiger partial charge in [0, 0.05) is 12.5 Å². The smallest absolute Gasteiger partial charge is 0.336 e. The number of hydrogen-bond acceptors (Lipinski definition) is 5. The third-order valence-corrected chi connectivity index (χ3v) is 7.03. The van der Waals surface area contributed by atoms with Crippen LogP contribution in [0.15, 0.2) is 41.3 Å². The molecule has 2 rings (SSSR count). The first-order valence-corrected chi connectivity index (χ1v) is 11.4. The van der Waals surface area contributed by atoms with Crippen LogP contribution in [0.1, 0.15) is 18.9 Å². The number of nitrogens with one attached hydrogen (secondary N) is 2. The fourth-order valence-electron chi connectivity index (χ4n) is 2.48. The fourth-order valence-corrected chi connectivity index (χ4v) is 4.14. The molecule has 1 unspecified atom stereocenters. The number of halogens is 4. The first-order valence-electron chi connectivity index (χ1n) is 8.73. The molecule has 0 aliphatic heterocycles. The summed E-state index contributed by atoms with van der Waals surface area (Å²) >= 11 is 16.1. The normalized spacial score (nSPS) is 12.8. The Morgan fingerprint density at radius 3 is 2.26 bits per heavy atom. The van der Waals surface area contributed by atoms with Gasteiger partial charge in [-0.2, -0.15) is 4.39 Å². The van der Waals surface area contributed by atoms with Crippen LogP contribution in [0.25, 0.3) is 0 Å². The van der Waals surface area contributed by atoms with E-state index in [4.69, 9.17) is 34.8 Å². The Kier molecular flexibility index (Phi) is 7.80. The van der Waals surface area contributed by atoms with Crippen LogP contribution in [-0.2, 0) is 19.4 Å². The molecule has 0 spiro atoms. The summed E-state index contributed by atoms with van der Waals surface area (Å²) in [4.78, 5) is 23.9. The maximum Gasteiger partial charge on any atom is 0.336 e. The maximum absolute atomic E-state index is 13.2. The lowest BCUT2D eigenvalue weighted by molar-refractivity contribution is -0.119. The summed E-state index contributed by atoms with van der Waals surface area (Å²) < 4.78 is 35.3. The molecule has 0 radical (unpaired) electrons. The van der Waals surface area contributed by atoms with Crippen LogP contribution >= 0.6 is 34.8 Å². The molecule has 2 amide bonds. The second-order valence-electron chi connectivity index (χ2n) is 6.72. The second-order valence-corrected chi connectivity index (χ2v) is 10.7. The number of amides is 2.